The number of fused-ring (bicyclic) bond motifs is 1. The van der Waals surface area contributed by atoms with Gasteiger partial charge in [-0.25, -0.2) is 0 Å². The van der Waals surface area contributed by atoms with Gasteiger partial charge < -0.3 is 19.9 Å². The van der Waals surface area contributed by atoms with Gasteiger partial charge in [0.05, 0.1) is 6.10 Å². The van der Waals surface area contributed by atoms with Gasteiger partial charge >= 0.3 is 0 Å². The molecule has 2 aromatic carbocycles. The Kier molecular flexibility index (Phi) is 4.08. The lowest BCUT2D eigenvalue weighted by Gasteiger charge is -2.18. The van der Waals surface area contributed by atoms with Gasteiger partial charge in [0, 0.05) is 12.6 Å². The first-order chi connectivity index (χ1) is 10.2. The van der Waals surface area contributed by atoms with Crippen LogP contribution in [0.25, 0.3) is 0 Å². The summed E-state index contributed by atoms with van der Waals surface area (Å²) in [5, 5.41) is 13.6. The average Bonchev–Trinajstić information content (AvgIpc) is 3.00. The molecule has 4 nitrogen and oxygen atoms in total. The first kappa shape index (κ1) is 13.9. The Morgan fingerprint density at radius 2 is 1.81 bits per heavy atom. The maximum absolute atomic E-state index is 10.3. The van der Waals surface area contributed by atoms with Gasteiger partial charge in [0.15, 0.2) is 11.5 Å². The minimum Gasteiger partial charge on any atom is -0.454 e. The zero-order chi connectivity index (χ0) is 14.7. The van der Waals surface area contributed by atoms with Crippen molar-refractivity contribution in [1.82, 2.24) is 5.32 Å². The van der Waals surface area contributed by atoms with Crippen molar-refractivity contribution < 1.29 is 14.6 Å². The number of hydrogen-bond donors (Lipinski definition) is 2. The van der Waals surface area contributed by atoms with Crippen LogP contribution in [-0.4, -0.2) is 18.4 Å². The highest BCUT2D eigenvalue weighted by molar-refractivity contribution is 5.45. The van der Waals surface area contributed by atoms with E-state index in [4.69, 9.17) is 9.47 Å². The van der Waals surface area contributed by atoms with E-state index in [1.807, 2.05) is 36.4 Å². The Bertz CT molecular complexity index is 600. The first-order valence-corrected chi connectivity index (χ1v) is 7.10. The highest BCUT2D eigenvalue weighted by atomic mass is 16.7. The van der Waals surface area contributed by atoms with Crippen LogP contribution in [0, 0.1) is 0 Å². The van der Waals surface area contributed by atoms with E-state index in [9.17, 15) is 5.11 Å². The molecule has 2 atom stereocenters. The SMILES string of the molecule is C[C@H](NCC(O)c1ccc2c(c1)OCO2)c1ccccc1. The number of nitrogens with one attached hydrogen (secondary N) is 1. The molecule has 0 saturated carbocycles. The lowest BCUT2D eigenvalue weighted by atomic mass is 10.1. The van der Waals surface area contributed by atoms with Crippen LogP contribution in [0.15, 0.2) is 48.5 Å². The van der Waals surface area contributed by atoms with E-state index in [0.29, 0.717) is 12.3 Å². The summed E-state index contributed by atoms with van der Waals surface area (Å²) in [6.45, 7) is 2.82. The van der Waals surface area contributed by atoms with Gasteiger partial charge in [0.1, 0.15) is 0 Å². The summed E-state index contributed by atoms with van der Waals surface area (Å²) in [6, 6.07) is 15.9. The second-order valence-corrected chi connectivity index (χ2v) is 5.17. The van der Waals surface area contributed by atoms with Crippen LogP contribution >= 0.6 is 0 Å². The molecule has 1 aliphatic heterocycles. The van der Waals surface area contributed by atoms with Crippen LogP contribution in [0.3, 0.4) is 0 Å². The van der Waals surface area contributed by atoms with E-state index < -0.39 is 6.10 Å². The summed E-state index contributed by atoms with van der Waals surface area (Å²) in [7, 11) is 0. The van der Waals surface area contributed by atoms with Crippen LogP contribution in [0.4, 0.5) is 0 Å². The molecular formula is C17H19NO3. The lowest BCUT2D eigenvalue weighted by molar-refractivity contribution is 0.168. The summed E-state index contributed by atoms with van der Waals surface area (Å²) < 4.78 is 10.6. The van der Waals surface area contributed by atoms with Gasteiger partial charge in [-0.05, 0) is 30.2 Å². The third kappa shape index (κ3) is 3.17. The molecule has 3 rings (SSSR count). The molecule has 4 heteroatoms. The minimum absolute atomic E-state index is 0.190. The van der Waals surface area contributed by atoms with Gasteiger partial charge in [-0.3, -0.25) is 0 Å². The van der Waals surface area contributed by atoms with Crippen molar-refractivity contribution in [2.45, 2.75) is 19.1 Å². The van der Waals surface area contributed by atoms with Gasteiger partial charge in [-0.15, -0.1) is 0 Å². The molecule has 0 aromatic heterocycles. The molecule has 0 fully saturated rings. The molecule has 110 valence electrons. The fourth-order valence-electron chi connectivity index (χ4n) is 2.39. The maximum atomic E-state index is 10.3. The molecule has 21 heavy (non-hydrogen) atoms. The summed E-state index contributed by atoms with van der Waals surface area (Å²) >= 11 is 0. The van der Waals surface area contributed by atoms with Crippen molar-refractivity contribution in [3.63, 3.8) is 0 Å². The quantitative estimate of drug-likeness (QED) is 0.887. The van der Waals surface area contributed by atoms with Crippen LogP contribution in [0.2, 0.25) is 0 Å². The maximum Gasteiger partial charge on any atom is 0.231 e. The largest absolute Gasteiger partial charge is 0.454 e. The summed E-state index contributed by atoms with van der Waals surface area (Å²) in [5.41, 5.74) is 2.03. The predicted octanol–water partition coefficient (Wildman–Crippen LogP) is 2.80. The average molecular weight is 285 g/mol. The normalized spacial score (nSPS) is 15.7. The third-order valence-electron chi connectivity index (χ3n) is 3.70. The molecule has 0 aliphatic carbocycles. The summed E-state index contributed by atoms with van der Waals surface area (Å²) in [6.07, 6.45) is -0.578. The fourth-order valence-corrected chi connectivity index (χ4v) is 2.39. The van der Waals surface area contributed by atoms with Crippen LogP contribution in [0.5, 0.6) is 11.5 Å². The summed E-state index contributed by atoms with van der Waals surface area (Å²) in [5.74, 6) is 1.43. The number of benzene rings is 2. The molecular weight excluding hydrogens is 266 g/mol. The predicted molar refractivity (Wildman–Crippen MR) is 80.4 cm³/mol. The number of hydrogen-bond acceptors (Lipinski definition) is 4. The van der Waals surface area contributed by atoms with E-state index in [-0.39, 0.29) is 12.8 Å². The Hall–Kier alpha value is -2.04. The van der Waals surface area contributed by atoms with E-state index in [0.717, 1.165) is 11.3 Å². The Morgan fingerprint density at radius 1 is 1.05 bits per heavy atom. The van der Waals surface area contributed by atoms with Crippen molar-refractivity contribution in [2.75, 3.05) is 13.3 Å². The van der Waals surface area contributed by atoms with Crippen molar-refractivity contribution in [3.05, 3.63) is 59.7 Å². The lowest BCUT2D eigenvalue weighted by Crippen LogP contribution is -2.24. The Labute approximate surface area is 124 Å². The third-order valence-corrected chi connectivity index (χ3v) is 3.70. The first-order valence-electron chi connectivity index (χ1n) is 7.10. The second kappa shape index (κ2) is 6.16. The van der Waals surface area contributed by atoms with Crippen molar-refractivity contribution in [2.24, 2.45) is 0 Å². The number of aliphatic hydroxyl groups is 1. The van der Waals surface area contributed by atoms with Gasteiger partial charge in [0.2, 0.25) is 6.79 Å². The van der Waals surface area contributed by atoms with Gasteiger partial charge in [-0.1, -0.05) is 36.4 Å². The molecule has 0 amide bonds. The monoisotopic (exact) mass is 285 g/mol. The number of ether oxygens (including phenoxy) is 2. The fraction of sp³-hybridized carbons (Fsp3) is 0.294. The minimum atomic E-state index is -0.578. The van der Waals surface area contributed by atoms with E-state index >= 15 is 0 Å². The molecule has 1 aliphatic rings. The van der Waals surface area contributed by atoms with E-state index in [1.54, 1.807) is 0 Å². The van der Waals surface area contributed by atoms with Crippen molar-refractivity contribution in [3.8, 4) is 11.5 Å². The molecule has 0 saturated heterocycles. The van der Waals surface area contributed by atoms with Crippen LogP contribution in [-0.2, 0) is 0 Å². The molecule has 0 spiro atoms. The smallest absolute Gasteiger partial charge is 0.231 e. The van der Waals surface area contributed by atoms with Crippen molar-refractivity contribution >= 4 is 0 Å². The Morgan fingerprint density at radius 3 is 2.62 bits per heavy atom. The molecule has 1 heterocycles. The zero-order valence-electron chi connectivity index (χ0n) is 12.0. The topological polar surface area (TPSA) is 50.7 Å². The molecule has 0 radical (unpaired) electrons. The zero-order valence-corrected chi connectivity index (χ0v) is 12.0. The van der Waals surface area contributed by atoms with Gasteiger partial charge in [0.25, 0.3) is 0 Å². The highest BCUT2D eigenvalue weighted by Gasteiger charge is 2.17. The molecule has 0 bridgehead atoms. The highest BCUT2D eigenvalue weighted by Crippen LogP contribution is 2.34. The van der Waals surface area contributed by atoms with Crippen LogP contribution in [0.1, 0.15) is 30.2 Å². The van der Waals surface area contributed by atoms with E-state index in [2.05, 4.69) is 24.4 Å². The second-order valence-electron chi connectivity index (χ2n) is 5.17. The number of rotatable bonds is 5. The number of aliphatic hydroxyl groups excluding tert-OH is 1. The summed E-state index contributed by atoms with van der Waals surface area (Å²) in [4.78, 5) is 0. The molecule has 2 N–H and O–H groups in total. The molecule has 2 aromatic rings. The van der Waals surface area contributed by atoms with Crippen LogP contribution < -0.4 is 14.8 Å². The Balaban J connectivity index is 1.60. The standard InChI is InChI=1S/C17H19NO3/c1-12(13-5-3-2-4-6-13)18-10-15(19)14-7-8-16-17(9-14)21-11-20-16/h2-9,12,15,18-19H,10-11H2,1H3/t12-,15?/m0/s1. The molecule has 1 unspecified atom stereocenters. The van der Waals surface area contributed by atoms with Gasteiger partial charge in [-0.2, -0.15) is 0 Å². The van der Waals surface area contributed by atoms with Crippen molar-refractivity contribution in [1.29, 1.82) is 0 Å². The van der Waals surface area contributed by atoms with E-state index in [1.165, 1.54) is 5.56 Å².